The molecule has 1 aromatic heterocycles. The fourth-order valence-electron chi connectivity index (χ4n) is 2.97. The first-order valence-corrected chi connectivity index (χ1v) is 8.52. The van der Waals surface area contributed by atoms with Gasteiger partial charge in [0, 0.05) is 17.5 Å². The van der Waals surface area contributed by atoms with E-state index >= 15 is 0 Å². The molecule has 1 atom stereocenters. The van der Waals surface area contributed by atoms with Crippen molar-refractivity contribution in [3.05, 3.63) is 22.9 Å². The van der Waals surface area contributed by atoms with Crippen LogP contribution in [0.5, 0.6) is 0 Å². The highest BCUT2D eigenvalue weighted by Crippen LogP contribution is 2.27. The maximum Gasteiger partial charge on any atom is 0.338 e. The van der Waals surface area contributed by atoms with Crippen LogP contribution in [0, 0.1) is 13.8 Å². The molecule has 1 N–H and O–H groups in total. The van der Waals surface area contributed by atoms with Crippen molar-refractivity contribution < 1.29 is 9.90 Å². The van der Waals surface area contributed by atoms with Crippen molar-refractivity contribution in [1.29, 1.82) is 0 Å². The van der Waals surface area contributed by atoms with E-state index in [1.807, 2.05) is 19.9 Å². The molecule has 116 valence electrons. The van der Waals surface area contributed by atoms with Crippen LogP contribution < -0.4 is 0 Å². The van der Waals surface area contributed by atoms with Crippen molar-refractivity contribution in [2.75, 3.05) is 19.3 Å². The number of thioether (sulfide) groups is 1. The summed E-state index contributed by atoms with van der Waals surface area (Å²) in [5.41, 5.74) is 2.05. The van der Waals surface area contributed by atoms with Gasteiger partial charge in [-0.2, -0.15) is 0 Å². The van der Waals surface area contributed by atoms with Crippen molar-refractivity contribution in [1.82, 2.24) is 9.88 Å². The zero-order valence-electron chi connectivity index (χ0n) is 13.1. The van der Waals surface area contributed by atoms with Gasteiger partial charge < -0.3 is 10.0 Å². The average molecular weight is 308 g/mol. The van der Waals surface area contributed by atoms with E-state index in [-0.39, 0.29) is 0 Å². The molecule has 4 nitrogen and oxygen atoms in total. The van der Waals surface area contributed by atoms with E-state index in [0.29, 0.717) is 16.6 Å². The zero-order chi connectivity index (χ0) is 15.4. The molecule has 5 heteroatoms. The normalized spacial score (nSPS) is 19.7. The summed E-state index contributed by atoms with van der Waals surface area (Å²) in [5, 5.41) is 10.0. The van der Waals surface area contributed by atoms with Gasteiger partial charge in [-0.05, 0) is 58.3 Å². The number of aromatic carboxylic acids is 1. The second-order valence-electron chi connectivity index (χ2n) is 5.83. The van der Waals surface area contributed by atoms with Crippen molar-refractivity contribution >= 4 is 17.7 Å². The van der Waals surface area contributed by atoms with Crippen LogP contribution in [0.15, 0.2) is 11.1 Å². The Morgan fingerprint density at radius 3 is 2.90 bits per heavy atom. The number of likely N-dealkylation sites (tertiary alicyclic amines) is 1. The molecule has 1 fully saturated rings. The van der Waals surface area contributed by atoms with E-state index < -0.39 is 5.97 Å². The minimum absolute atomic E-state index is 0.364. The number of carboxylic acid groups (broad SMARTS) is 1. The van der Waals surface area contributed by atoms with Crippen LogP contribution in [0.1, 0.15) is 47.3 Å². The Labute approximate surface area is 130 Å². The van der Waals surface area contributed by atoms with Crippen LogP contribution in [0.2, 0.25) is 0 Å². The summed E-state index contributed by atoms with van der Waals surface area (Å²) < 4.78 is 0. The highest BCUT2D eigenvalue weighted by atomic mass is 32.2. The zero-order valence-corrected chi connectivity index (χ0v) is 13.9. The summed E-state index contributed by atoms with van der Waals surface area (Å²) in [6.07, 6.45) is 4.95. The molecule has 0 spiro atoms. The van der Waals surface area contributed by atoms with Gasteiger partial charge in [-0.1, -0.05) is 6.42 Å². The molecule has 0 saturated carbocycles. The minimum Gasteiger partial charge on any atom is -0.478 e. The van der Waals surface area contributed by atoms with Gasteiger partial charge in [-0.3, -0.25) is 0 Å². The smallest absolute Gasteiger partial charge is 0.338 e. The van der Waals surface area contributed by atoms with E-state index in [1.54, 1.807) is 11.8 Å². The Kier molecular flexibility index (Phi) is 5.65. The number of carboxylic acids is 1. The monoisotopic (exact) mass is 308 g/mol. The Morgan fingerprint density at radius 1 is 1.48 bits per heavy atom. The Bertz CT molecular complexity index is 519. The number of pyridine rings is 1. The fourth-order valence-corrected chi connectivity index (χ4v) is 4.15. The van der Waals surface area contributed by atoms with Gasteiger partial charge in [0.05, 0.1) is 5.56 Å². The molecule has 1 aromatic rings. The Balaban J connectivity index is 2.01. The van der Waals surface area contributed by atoms with Gasteiger partial charge in [0.15, 0.2) is 0 Å². The third kappa shape index (κ3) is 4.20. The van der Waals surface area contributed by atoms with Crippen LogP contribution in [0.25, 0.3) is 0 Å². The van der Waals surface area contributed by atoms with E-state index in [9.17, 15) is 9.90 Å². The topological polar surface area (TPSA) is 53.4 Å². The van der Waals surface area contributed by atoms with Crippen molar-refractivity contribution in [3.8, 4) is 0 Å². The number of hydrogen-bond acceptors (Lipinski definition) is 4. The molecule has 1 saturated heterocycles. The third-order valence-corrected chi connectivity index (χ3v) is 5.15. The summed E-state index contributed by atoms with van der Waals surface area (Å²) in [5.74, 6) is 0.0443. The molecule has 1 aliphatic heterocycles. The van der Waals surface area contributed by atoms with Gasteiger partial charge in [0.25, 0.3) is 0 Å². The first kappa shape index (κ1) is 16.3. The second-order valence-corrected chi connectivity index (χ2v) is 6.92. The second kappa shape index (κ2) is 7.27. The van der Waals surface area contributed by atoms with Gasteiger partial charge >= 0.3 is 5.97 Å². The fraction of sp³-hybridized carbons (Fsp3) is 0.625. The number of piperidine rings is 1. The standard InChI is InChI=1S/C16H24N2O2S/c1-11-10-12(2)17-15(14(11)16(19)20)21-9-7-13-6-4-5-8-18(13)3/h10,13H,4-9H2,1-3H3,(H,19,20). The van der Waals surface area contributed by atoms with Crippen molar-refractivity contribution in [2.24, 2.45) is 0 Å². The largest absolute Gasteiger partial charge is 0.478 e. The van der Waals surface area contributed by atoms with Gasteiger partial charge in [0.1, 0.15) is 5.03 Å². The lowest BCUT2D eigenvalue weighted by Crippen LogP contribution is -2.36. The molecule has 0 aromatic carbocycles. The number of nitrogens with zero attached hydrogens (tertiary/aromatic N) is 2. The quantitative estimate of drug-likeness (QED) is 0.845. The molecule has 0 bridgehead atoms. The van der Waals surface area contributed by atoms with Crippen molar-refractivity contribution in [3.63, 3.8) is 0 Å². The lowest BCUT2D eigenvalue weighted by atomic mass is 10.0. The number of carbonyl (C=O) groups is 1. The van der Waals surface area contributed by atoms with E-state index in [4.69, 9.17) is 0 Å². The lowest BCUT2D eigenvalue weighted by molar-refractivity contribution is 0.0691. The summed E-state index contributed by atoms with van der Waals surface area (Å²) in [4.78, 5) is 18.3. The van der Waals surface area contributed by atoms with Gasteiger partial charge in [-0.15, -0.1) is 11.8 Å². The highest BCUT2D eigenvalue weighted by molar-refractivity contribution is 7.99. The average Bonchev–Trinajstić information content (AvgIpc) is 2.39. The molecule has 1 unspecified atom stereocenters. The maximum atomic E-state index is 11.4. The van der Waals surface area contributed by atoms with Crippen molar-refractivity contribution in [2.45, 2.75) is 50.6 Å². The first-order chi connectivity index (χ1) is 9.99. The Morgan fingerprint density at radius 2 is 2.24 bits per heavy atom. The predicted molar refractivity (Wildman–Crippen MR) is 86.3 cm³/mol. The number of rotatable bonds is 5. The molecule has 0 amide bonds. The maximum absolute atomic E-state index is 11.4. The van der Waals surface area contributed by atoms with Crippen LogP contribution in [0.4, 0.5) is 0 Å². The van der Waals surface area contributed by atoms with Crippen LogP contribution >= 0.6 is 11.8 Å². The van der Waals surface area contributed by atoms with E-state index in [0.717, 1.165) is 23.4 Å². The predicted octanol–water partition coefficient (Wildman–Crippen LogP) is 3.36. The summed E-state index contributed by atoms with van der Waals surface area (Å²) in [6.45, 7) is 4.94. The molecule has 2 heterocycles. The summed E-state index contributed by atoms with van der Waals surface area (Å²) in [6, 6.07) is 2.47. The molecular weight excluding hydrogens is 284 g/mol. The van der Waals surface area contributed by atoms with E-state index in [1.165, 1.54) is 25.8 Å². The van der Waals surface area contributed by atoms with Gasteiger partial charge in [0.2, 0.25) is 0 Å². The van der Waals surface area contributed by atoms with Gasteiger partial charge in [-0.25, -0.2) is 9.78 Å². The molecule has 2 rings (SSSR count). The first-order valence-electron chi connectivity index (χ1n) is 7.53. The summed E-state index contributed by atoms with van der Waals surface area (Å²) >= 11 is 1.58. The Hall–Kier alpha value is -1.07. The lowest BCUT2D eigenvalue weighted by Gasteiger charge is -2.32. The van der Waals surface area contributed by atoms with E-state index in [2.05, 4.69) is 16.9 Å². The summed E-state index contributed by atoms with van der Waals surface area (Å²) in [7, 11) is 2.19. The number of aromatic nitrogens is 1. The van der Waals surface area contributed by atoms with Crippen LogP contribution in [-0.2, 0) is 0 Å². The van der Waals surface area contributed by atoms with Crippen LogP contribution in [0.3, 0.4) is 0 Å². The number of hydrogen-bond donors (Lipinski definition) is 1. The van der Waals surface area contributed by atoms with Crippen LogP contribution in [-0.4, -0.2) is 46.3 Å². The molecule has 0 aliphatic carbocycles. The minimum atomic E-state index is -0.878. The molecule has 0 radical (unpaired) electrons. The molecule has 21 heavy (non-hydrogen) atoms. The number of aryl methyl sites for hydroxylation is 2. The molecular formula is C16H24N2O2S. The SMILES string of the molecule is Cc1cc(C)c(C(=O)O)c(SCCC2CCCCN2C)n1. The molecule has 1 aliphatic rings. The highest BCUT2D eigenvalue weighted by Gasteiger charge is 2.20. The third-order valence-electron chi connectivity index (χ3n) is 4.14.